The van der Waals surface area contributed by atoms with Crippen LogP contribution in [0.2, 0.25) is 0 Å². The fourth-order valence-electron chi connectivity index (χ4n) is 1.80. The Bertz CT molecular complexity index is 576. The maximum atomic E-state index is 11.6. The molecule has 0 heterocycles. The van der Waals surface area contributed by atoms with Crippen molar-refractivity contribution in [2.45, 2.75) is 52.4 Å². The number of ether oxygens (including phenoxy) is 2. The van der Waals surface area contributed by atoms with Gasteiger partial charge in [0.15, 0.2) is 0 Å². The molecule has 6 heteroatoms. The van der Waals surface area contributed by atoms with E-state index in [1.54, 1.807) is 6.07 Å². The molecule has 0 aliphatic rings. The monoisotopic (exact) mass is 382 g/mol. The second kappa shape index (κ2) is 8.90. The molecule has 0 unspecified atom stereocenters. The van der Waals surface area contributed by atoms with Gasteiger partial charge >= 0.3 is 6.09 Å². The predicted molar refractivity (Wildman–Crippen MR) is 92.0 cm³/mol. The van der Waals surface area contributed by atoms with E-state index in [0.29, 0.717) is 25.2 Å². The van der Waals surface area contributed by atoms with Gasteiger partial charge in [-0.15, -0.1) is 0 Å². The van der Waals surface area contributed by atoms with Gasteiger partial charge in [-0.05, 0) is 51.8 Å². The highest BCUT2D eigenvalue weighted by Crippen LogP contribution is 2.17. The summed E-state index contributed by atoms with van der Waals surface area (Å²) in [6.45, 7) is 8.23. The van der Waals surface area contributed by atoms with Crippen LogP contribution in [0.5, 0.6) is 0 Å². The summed E-state index contributed by atoms with van der Waals surface area (Å²) < 4.78 is 11.7. The fraction of sp³-hybridized carbons (Fsp3) is 0.529. The van der Waals surface area contributed by atoms with E-state index in [4.69, 9.17) is 14.7 Å². The van der Waals surface area contributed by atoms with Crippen LogP contribution < -0.4 is 5.32 Å². The first-order valence-corrected chi connectivity index (χ1v) is 8.26. The molecule has 1 aromatic carbocycles. The zero-order valence-electron chi connectivity index (χ0n) is 14.0. The van der Waals surface area contributed by atoms with Crippen molar-refractivity contribution in [3.8, 4) is 6.07 Å². The number of carbonyl (C=O) groups excluding carboxylic acids is 1. The lowest BCUT2D eigenvalue weighted by Crippen LogP contribution is -2.38. The van der Waals surface area contributed by atoms with Gasteiger partial charge in [0.25, 0.3) is 0 Å². The molecule has 0 aromatic heterocycles. The predicted octanol–water partition coefficient (Wildman–Crippen LogP) is 4.14. The van der Waals surface area contributed by atoms with Gasteiger partial charge in [-0.25, -0.2) is 4.79 Å². The smallest absolute Gasteiger partial charge is 0.407 e. The Labute approximate surface area is 146 Å². The molecule has 23 heavy (non-hydrogen) atoms. The van der Waals surface area contributed by atoms with Crippen LogP contribution in [0.3, 0.4) is 0 Å². The van der Waals surface area contributed by atoms with Crippen molar-refractivity contribution in [2.24, 2.45) is 0 Å². The third-order valence-electron chi connectivity index (χ3n) is 2.91. The van der Waals surface area contributed by atoms with E-state index < -0.39 is 11.7 Å². The number of nitrogens with zero attached hydrogens (tertiary/aromatic N) is 1. The summed E-state index contributed by atoms with van der Waals surface area (Å²) in [6.07, 6.45) is 0.238. The van der Waals surface area contributed by atoms with Crippen LogP contribution in [0.25, 0.3) is 0 Å². The molecule has 1 aromatic rings. The number of nitriles is 1. The molecule has 0 bridgehead atoms. The first-order chi connectivity index (χ1) is 10.7. The minimum atomic E-state index is -0.504. The van der Waals surface area contributed by atoms with Crippen molar-refractivity contribution in [1.82, 2.24) is 5.32 Å². The van der Waals surface area contributed by atoms with E-state index in [1.807, 2.05) is 39.8 Å². The highest BCUT2D eigenvalue weighted by molar-refractivity contribution is 9.10. The molecule has 1 amide bonds. The Morgan fingerprint density at radius 2 is 2.13 bits per heavy atom. The van der Waals surface area contributed by atoms with Crippen LogP contribution in [0.1, 0.15) is 45.2 Å². The Hall–Kier alpha value is -1.58. The summed E-state index contributed by atoms with van der Waals surface area (Å²) in [6, 6.07) is 7.62. The summed E-state index contributed by atoms with van der Waals surface area (Å²) in [4.78, 5) is 11.6. The van der Waals surface area contributed by atoms with Crippen molar-refractivity contribution in [3.63, 3.8) is 0 Å². The molecule has 1 N–H and O–H groups in total. The van der Waals surface area contributed by atoms with E-state index in [0.717, 1.165) is 10.0 Å². The van der Waals surface area contributed by atoms with Gasteiger partial charge in [-0.3, -0.25) is 0 Å². The van der Waals surface area contributed by atoms with Crippen molar-refractivity contribution in [2.75, 3.05) is 6.61 Å². The second-order valence-electron chi connectivity index (χ2n) is 6.30. The summed E-state index contributed by atoms with van der Waals surface area (Å²) >= 11 is 3.34. The summed E-state index contributed by atoms with van der Waals surface area (Å²) in [5, 5.41) is 11.9. The molecule has 5 nitrogen and oxygen atoms in total. The van der Waals surface area contributed by atoms with Gasteiger partial charge in [0, 0.05) is 17.1 Å². The van der Waals surface area contributed by atoms with Crippen LogP contribution in [0.4, 0.5) is 4.79 Å². The molecule has 0 saturated heterocycles. The number of hydrogen-bond donors (Lipinski definition) is 1. The largest absolute Gasteiger partial charge is 0.444 e. The number of carbonyl (C=O) groups is 1. The Kier molecular flexibility index (Phi) is 7.53. The maximum absolute atomic E-state index is 11.6. The number of halogens is 1. The molecular weight excluding hydrogens is 360 g/mol. The molecule has 126 valence electrons. The standard InChI is InChI=1S/C17H23BrN2O3/c1-12(20-16(21)23-17(2,3)4)7-8-22-11-13-5-6-15(18)9-14(13)10-19/h5-6,9,12H,7-8,11H2,1-4H3,(H,20,21)/t12-/m1/s1. The average molecular weight is 383 g/mol. The fourth-order valence-corrected chi connectivity index (χ4v) is 2.16. The maximum Gasteiger partial charge on any atom is 0.407 e. The minimum absolute atomic E-state index is 0.0507. The zero-order chi connectivity index (χ0) is 17.5. The molecule has 1 atom stereocenters. The normalized spacial score (nSPS) is 12.3. The van der Waals surface area contributed by atoms with Crippen molar-refractivity contribution >= 4 is 22.0 Å². The first kappa shape index (κ1) is 19.5. The highest BCUT2D eigenvalue weighted by atomic mass is 79.9. The van der Waals surface area contributed by atoms with E-state index in [2.05, 4.69) is 27.3 Å². The van der Waals surface area contributed by atoms with Crippen LogP contribution in [-0.4, -0.2) is 24.3 Å². The molecule has 0 aliphatic heterocycles. The van der Waals surface area contributed by atoms with Crippen LogP contribution in [-0.2, 0) is 16.1 Å². The van der Waals surface area contributed by atoms with Crippen LogP contribution in [0, 0.1) is 11.3 Å². The van der Waals surface area contributed by atoms with Crippen molar-refractivity contribution in [1.29, 1.82) is 5.26 Å². The van der Waals surface area contributed by atoms with E-state index in [9.17, 15) is 4.79 Å². The van der Waals surface area contributed by atoms with Gasteiger partial charge in [0.1, 0.15) is 5.60 Å². The summed E-state index contributed by atoms with van der Waals surface area (Å²) in [5.74, 6) is 0. The lowest BCUT2D eigenvalue weighted by molar-refractivity contribution is 0.0490. The van der Waals surface area contributed by atoms with Gasteiger partial charge < -0.3 is 14.8 Å². The number of rotatable bonds is 6. The topological polar surface area (TPSA) is 71.3 Å². The zero-order valence-corrected chi connectivity index (χ0v) is 15.6. The summed E-state index contributed by atoms with van der Waals surface area (Å²) in [7, 11) is 0. The Morgan fingerprint density at radius 3 is 2.74 bits per heavy atom. The van der Waals surface area contributed by atoms with Gasteiger partial charge in [0.2, 0.25) is 0 Å². The number of amides is 1. The number of hydrogen-bond acceptors (Lipinski definition) is 4. The van der Waals surface area contributed by atoms with Gasteiger partial charge in [0.05, 0.1) is 18.2 Å². The van der Waals surface area contributed by atoms with Gasteiger partial charge in [-0.1, -0.05) is 22.0 Å². The van der Waals surface area contributed by atoms with Crippen LogP contribution in [0.15, 0.2) is 22.7 Å². The molecule has 0 spiro atoms. The van der Waals surface area contributed by atoms with E-state index in [1.165, 1.54) is 0 Å². The Balaban J connectivity index is 2.32. The third kappa shape index (κ3) is 8.00. The molecule has 0 radical (unpaired) electrons. The highest BCUT2D eigenvalue weighted by Gasteiger charge is 2.17. The molecule has 1 rings (SSSR count). The first-order valence-electron chi connectivity index (χ1n) is 7.47. The molecule has 0 aliphatic carbocycles. The number of benzene rings is 1. The summed E-state index contributed by atoms with van der Waals surface area (Å²) in [5.41, 5.74) is 0.943. The van der Waals surface area contributed by atoms with E-state index in [-0.39, 0.29) is 6.04 Å². The lowest BCUT2D eigenvalue weighted by Gasteiger charge is -2.22. The minimum Gasteiger partial charge on any atom is -0.444 e. The van der Waals surface area contributed by atoms with Gasteiger partial charge in [-0.2, -0.15) is 5.26 Å². The molecule has 0 fully saturated rings. The van der Waals surface area contributed by atoms with E-state index >= 15 is 0 Å². The number of alkyl carbamates (subject to hydrolysis) is 1. The van der Waals surface area contributed by atoms with Crippen LogP contribution >= 0.6 is 15.9 Å². The van der Waals surface area contributed by atoms with Crippen molar-refractivity contribution in [3.05, 3.63) is 33.8 Å². The quantitative estimate of drug-likeness (QED) is 0.750. The lowest BCUT2D eigenvalue weighted by atomic mass is 10.1. The third-order valence-corrected chi connectivity index (χ3v) is 3.40. The average Bonchev–Trinajstić information content (AvgIpc) is 2.42. The van der Waals surface area contributed by atoms with Crippen molar-refractivity contribution < 1.29 is 14.3 Å². The molecular formula is C17H23BrN2O3. The number of nitrogens with one attached hydrogen (secondary N) is 1. The SMILES string of the molecule is C[C@H](CCOCc1ccc(Br)cc1C#N)NC(=O)OC(C)(C)C. The second-order valence-corrected chi connectivity index (χ2v) is 7.22. The Morgan fingerprint density at radius 1 is 1.43 bits per heavy atom. The molecule has 0 saturated carbocycles.